The predicted molar refractivity (Wildman–Crippen MR) is 125 cm³/mol. The van der Waals surface area contributed by atoms with E-state index in [0.29, 0.717) is 31.7 Å². The Morgan fingerprint density at radius 2 is 1.80 bits per heavy atom. The monoisotopic (exact) mass is 406 g/mol. The van der Waals surface area contributed by atoms with Crippen molar-refractivity contribution in [3.05, 3.63) is 65.7 Å². The lowest BCUT2D eigenvalue weighted by molar-refractivity contribution is 0.110. The second kappa shape index (κ2) is 9.57. The quantitative estimate of drug-likeness (QED) is 0.423. The number of nitrogens with one attached hydrogen (secondary N) is 1. The SMILES string of the molecule is CCOCCOc1cccc2c1NC(c1ccc(N(CC)CC)cc1)C1CC=CC21. The van der Waals surface area contributed by atoms with Gasteiger partial charge in [0.15, 0.2) is 0 Å². The highest BCUT2D eigenvalue weighted by atomic mass is 16.5. The maximum absolute atomic E-state index is 6.10. The molecule has 0 fully saturated rings. The Hall–Kier alpha value is -2.46. The third-order valence-corrected chi connectivity index (χ3v) is 6.43. The van der Waals surface area contributed by atoms with E-state index in [1.54, 1.807) is 0 Å². The number of nitrogens with zero attached hydrogens (tertiary/aromatic N) is 1. The number of hydrogen-bond acceptors (Lipinski definition) is 4. The summed E-state index contributed by atoms with van der Waals surface area (Å²) in [6.07, 6.45) is 5.83. The second-order valence-electron chi connectivity index (χ2n) is 8.01. The summed E-state index contributed by atoms with van der Waals surface area (Å²) < 4.78 is 11.5. The van der Waals surface area contributed by atoms with Gasteiger partial charge < -0.3 is 19.7 Å². The highest BCUT2D eigenvalue weighted by Gasteiger charge is 2.38. The van der Waals surface area contributed by atoms with Gasteiger partial charge in [-0.3, -0.25) is 0 Å². The van der Waals surface area contributed by atoms with Crippen molar-refractivity contribution in [2.45, 2.75) is 39.2 Å². The molecule has 0 saturated carbocycles. The van der Waals surface area contributed by atoms with Crippen molar-refractivity contribution < 1.29 is 9.47 Å². The van der Waals surface area contributed by atoms with Gasteiger partial charge in [0.1, 0.15) is 12.4 Å². The second-order valence-corrected chi connectivity index (χ2v) is 8.01. The molecule has 2 aliphatic rings. The molecule has 2 aromatic rings. The number of fused-ring (bicyclic) bond motifs is 3. The zero-order valence-electron chi connectivity index (χ0n) is 18.4. The lowest BCUT2D eigenvalue weighted by atomic mass is 9.77. The summed E-state index contributed by atoms with van der Waals surface area (Å²) in [5, 5.41) is 3.85. The first-order valence-corrected chi connectivity index (χ1v) is 11.4. The van der Waals surface area contributed by atoms with Crippen LogP contribution in [0.4, 0.5) is 11.4 Å². The van der Waals surface area contributed by atoms with Gasteiger partial charge in [-0.1, -0.05) is 36.4 Å². The third-order valence-electron chi connectivity index (χ3n) is 6.43. The molecule has 160 valence electrons. The van der Waals surface area contributed by atoms with E-state index in [9.17, 15) is 0 Å². The molecule has 2 aromatic carbocycles. The minimum atomic E-state index is 0.278. The molecule has 1 aliphatic carbocycles. The van der Waals surface area contributed by atoms with Crippen molar-refractivity contribution in [1.29, 1.82) is 0 Å². The molecule has 4 nitrogen and oxygen atoms in total. The molecule has 0 radical (unpaired) electrons. The molecule has 1 heterocycles. The molecule has 0 bridgehead atoms. The lowest BCUT2D eigenvalue weighted by Crippen LogP contribution is -2.29. The molecule has 3 atom stereocenters. The average molecular weight is 407 g/mol. The first-order chi connectivity index (χ1) is 14.8. The number of ether oxygens (including phenoxy) is 2. The molecule has 0 spiro atoms. The largest absolute Gasteiger partial charge is 0.489 e. The van der Waals surface area contributed by atoms with E-state index in [4.69, 9.17) is 9.47 Å². The van der Waals surface area contributed by atoms with Crippen molar-refractivity contribution in [1.82, 2.24) is 0 Å². The highest BCUT2D eigenvalue weighted by Crippen LogP contribution is 2.52. The van der Waals surface area contributed by atoms with Crippen LogP contribution < -0.4 is 15.0 Å². The highest BCUT2D eigenvalue weighted by molar-refractivity contribution is 5.68. The van der Waals surface area contributed by atoms with Crippen LogP contribution in [0.25, 0.3) is 0 Å². The van der Waals surface area contributed by atoms with Gasteiger partial charge in [-0.15, -0.1) is 0 Å². The smallest absolute Gasteiger partial charge is 0.142 e. The maximum atomic E-state index is 6.10. The molecule has 4 rings (SSSR count). The normalized spacial score (nSPS) is 21.6. The molecular formula is C26H34N2O2. The third kappa shape index (κ3) is 4.06. The van der Waals surface area contributed by atoms with Crippen LogP contribution in [0.15, 0.2) is 54.6 Å². The summed E-state index contributed by atoms with van der Waals surface area (Å²) >= 11 is 0. The Bertz CT molecular complexity index is 858. The Morgan fingerprint density at radius 1 is 1.00 bits per heavy atom. The Kier molecular flexibility index (Phi) is 6.63. The van der Waals surface area contributed by atoms with Crippen molar-refractivity contribution in [3.63, 3.8) is 0 Å². The zero-order chi connectivity index (χ0) is 20.9. The molecule has 1 N–H and O–H groups in total. The molecule has 30 heavy (non-hydrogen) atoms. The van der Waals surface area contributed by atoms with Crippen molar-refractivity contribution in [3.8, 4) is 5.75 Å². The van der Waals surface area contributed by atoms with E-state index in [2.05, 4.69) is 78.7 Å². The topological polar surface area (TPSA) is 33.7 Å². The number of benzene rings is 2. The summed E-state index contributed by atoms with van der Waals surface area (Å²) in [6.45, 7) is 10.4. The molecule has 0 aromatic heterocycles. The molecular weight excluding hydrogens is 372 g/mol. The van der Waals surface area contributed by atoms with E-state index in [0.717, 1.165) is 30.9 Å². The molecule has 4 heteroatoms. The van der Waals surface area contributed by atoms with E-state index >= 15 is 0 Å². The first kappa shape index (κ1) is 20.8. The van der Waals surface area contributed by atoms with Crippen LogP contribution in [-0.2, 0) is 4.74 Å². The van der Waals surface area contributed by atoms with Gasteiger partial charge in [0, 0.05) is 31.3 Å². The summed E-state index contributed by atoms with van der Waals surface area (Å²) in [6, 6.07) is 15.8. The van der Waals surface area contributed by atoms with Gasteiger partial charge in [-0.2, -0.15) is 0 Å². The van der Waals surface area contributed by atoms with Gasteiger partial charge >= 0.3 is 0 Å². The van der Waals surface area contributed by atoms with Crippen molar-refractivity contribution in [2.24, 2.45) is 5.92 Å². The molecule has 1 aliphatic heterocycles. The van der Waals surface area contributed by atoms with Crippen LogP contribution in [0, 0.1) is 5.92 Å². The van der Waals surface area contributed by atoms with E-state index in [1.165, 1.54) is 16.8 Å². The Morgan fingerprint density at radius 3 is 2.53 bits per heavy atom. The Balaban J connectivity index is 1.60. The fourth-order valence-corrected chi connectivity index (χ4v) is 4.88. The number of para-hydroxylation sites is 1. The molecule has 0 saturated heterocycles. The first-order valence-electron chi connectivity index (χ1n) is 11.4. The average Bonchev–Trinajstić information content (AvgIpc) is 3.28. The van der Waals surface area contributed by atoms with Crippen LogP contribution in [0.2, 0.25) is 0 Å². The maximum Gasteiger partial charge on any atom is 0.142 e. The van der Waals surface area contributed by atoms with Gasteiger partial charge in [0.05, 0.1) is 18.3 Å². The minimum absolute atomic E-state index is 0.278. The summed E-state index contributed by atoms with van der Waals surface area (Å²) in [4.78, 5) is 2.39. The number of anilines is 2. The van der Waals surface area contributed by atoms with Crippen LogP contribution in [0.3, 0.4) is 0 Å². The minimum Gasteiger partial charge on any atom is -0.489 e. The molecule has 0 amide bonds. The number of hydrogen-bond donors (Lipinski definition) is 1. The summed E-state index contributed by atoms with van der Waals surface area (Å²) in [5.74, 6) is 1.90. The fourth-order valence-electron chi connectivity index (χ4n) is 4.88. The van der Waals surface area contributed by atoms with Crippen LogP contribution in [0.1, 0.15) is 50.3 Å². The lowest BCUT2D eigenvalue weighted by Gasteiger charge is -2.38. The summed E-state index contributed by atoms with van der Waals surface area (Å²) in [7, 11) is 0. The van der Waals surface area contributed by atoms with E-state index in [-0.39, 0.29) is 6.04 Å². The van der Waals surface area contributed by atoms with Crippen LogP contribution >= 0.6 is 0 Å². The standard InChI is InChI=1S/C26H34N2O2/c1-4-28(5-2)20-15-13-19(14-16-20)25-22-10-7-9-21(22)23-11-8-12-24(26(23)27-25)30-18-17-29-6-3/h7-9,11-16,21-22,25,27H,4-6,10,17-18H2,1-3H3. The van der Waals surface area contributed by atoms with Crippen molar-refractivity contribution >= 4 is 11.4 Å². The summed E-state index contributed by atoms with van der Waals surface area (Å²) in [5.41, 5.74) is 5.12. The van der Waals surface area contributed by atoms with Gasteiger partial charge in [-0.25, -0.2) is 0 Å². The number of allylic oxidation sites excluding steroid dienone is 2. The fraction of sp³-hybridized carbons (Fsp3) is 0.462. The van der Waals surface area contributed by atoms with E-state index in [1.807, 2.05) is 6.92 Å². The number of rotatable bonds is 9. The predicted octanol–water partition coefficient (Wildman–Crippen LogP) is 5.77. The van der Waals surface area contributed by atoms with Gasteiger partial charge in [0.2, 0.25) is 0 Å². The van der Waals surface area contributed by atoms with Crippen LogP contribution in [-0.4, -0.2) is 32.9 Å². The van der Waals surface area contributed by atoms with Gasteiger partial charge in [-0.05, 0) is 62.4 Å². The van der Waals surface area contributed by atoms with Gasteiger partial charge in [0.25, 0.3) is 0 Å². The van der Waals surface area contributed by atoms with E-state index < -0.39 is 0 Å². The molecule has 3 unspecified atom stereocenters. The van der Waals surface area contributed by atoms with Crippen molar-refractivity contribution in [2.75, 3.05) is 43.1 Å². The van der Waals surface area contributed by atoms with Crippen LogP contribution in [0.5, 0.6) is 5.75 Å². The Labute approximate surface area is 180 Å². The zero-order valence-corrected chi connectivity index (χ0v) is 18.4.